The topological polar surface area (TPSA) is 52.3 Å². The third kappa shape index (κ3) is 3.36. The van der Waals surface area contributed by atoms with Crippen molar-refractivity contribution >= 4 is 5.97 Å². The van der Waals surface area contributed by atoms with E-state index in [1.54, 1.807) is 0 Å². The fraction of sp³-hybridized carbons (Fsp3) is 0.400. The van der Waals surface area contributed by atoms with Crippen LogP contribution in [0.4, 0.5) is 0 Å². The first-order valence-electron chi connectivity index (χ1n) is 2.26. The van der Waals surface area contributed by atoms with Crippen molar-refractivity contribution in [2.75, 3.05) is 13.7 Å². The molecule has 0 aliphatic heterocycles. The molecule has 0 heterocycles. The van der Waals surface area contributed by atoms with Gasteiger partial charge in [-0.3, -0.25) is 0 Å². The highest BCUT2D eigenvalue weighted by Crippen LogP contribution is 1.73. The van der Waals surface area contributed by atoms with Crippen molar-refractivity contribution in [2.45, 2.75) is 0 Å². The lowest BCUT2D eigenvalue weighted by Gasteiger charge is -1.86. The number of methoxy groups -OCH3 is 1. The van der Waals surface area contributed by atoms with Crippen LogP contribution in [-0.2, 0) is 9.53 Å². The third-order valence-electron chi connectivity index (χ3n) is 0.591. The SMILES string of the molecule is COC(=O)/C=C/CN. The summed E-state index contributed by atoms with van der Waals surface area (Å²) < 4.78 is 4.27. The van der Waals surface area contributed by atoms with Gasteiger partial charge < -0.3 is 10.5 Å². The summed E-state index contributed by atoms with van der Waals surface area (Å²) in [6.45, 7) is 0.370. The number of carbonyl (C=O) groups is 1. The van der Waals surface area contributed by atoms with E-state index in [9.17, 15) is 4.79 Å². The van der Waals surface area contributed by atoms with Crippen molar-refractivity contribution in [2.24, 2.45) is 5.73 Å². The lowest BCUT2D eigenvalue weighted by molar-refractivity contribution is -0.134. The summed E-state index contributed by atoms with van der Waals surface area (Å²) in [5, 5.41) is 0. The van der Waals surface area contributed by atoms with E-state index in [0.29, 0.717) is 6.54 Å². The van der Waals surface area contributed by atoms with E-state index in [4.69, 9.17) is 5.73 Å². The molecular formula is C5H9NO2. The first kappa shape index (κ1) is 7.17. The highest BCUT2D eigenvalue weighted by atomic mass is 16.5. The number of hydrogen-bond donors (Lipinski definition) is 1. The lowest BCUT2D eigenvalue weighted by atomic mass is 10.5. The lowest BCUT2D eigenvalue weighted by Crippen LogP contribution is -1.98. The number of ether oxygens (including phenoxy) is 1. The van der Waals surface area contributed by atoms with Crippen LogP contribution in [0, 0.1) is 0 Å². The summed E-state index contributed by atoms with van der Waals surface area (Å²) in [7, 11) is 1.32. The van der Waals surface area contributed by atoms with Gasteiger partial charge in [-0.15, -0.1) is 0 Å². The maximum Gasteiger partial charge on any atom is 0.330 e. The molecule has 3 nitrogen and oxygen atoms in total. The molecule has 0 aromatic carbocycles. The molecule has 0 amide bonds. The molecule has 0 fully saturated rings. The average molecular weight is 115 g/mol. The summed E-state index contributed by atoms with van der Waals surface area (Å²) >= 11 is 0. The Hall–Kier alpha value is -0.830. The van der Waals surface area contributed by atoms with E-state index in [1.807, 2.05) is 0 Å². The Balaban J connectivity index is 3.37. The molecule has 0 aromatic rings. The zero-order valence-corrected chi connectivity index (χ0v) is 4.76. The maximum atomic E-state index is 10.2. The van der Waals surface area contributed by atoms with Crippen molar-refractivity contribution < 1.29 is 9.53 Å². The zero-order chi connectivity index (χ0) is 6.41. The molecule has 0 unspecified atom stereocenters. The Labute approximate surface area is 48.1 Å². The number of carbonyl (C=O) groups excluding carboxylic acids is 1. The zero-order valence-electron chi connectivity index (χ0n) is 4.76. The Bertz CT molecular complexity index is 98.6. The highest BCUT2D eigenvalue weighted by molar-refractivity contribution is 5.81. The average Bonchev–Trinajstić information content (AvgIpc) is 1.83. The first-order chi connectivity index (χ1) is 3.81. The van der Waals surface area contributed by atoms with Crippen LogP contribution in [0.5, 0.6) is 0 Å². The summed E-state index contributed by atoms with van der Waals surface area (Å²) in [5.41, 5.74) is 5.04. The molecule has 3 heteroatoms. The maximum absolute atomic E-state index is 10.2. The minimum absolute atomic E-state index is 0.365. The molecule has 0 saturated heterocycles. The van der Waals surface area contributed by atoms with Crippen LogP contribution in [0.25, 0.3) is 0 Å². The summed E-state index contributed by atoms with van der Waals surface area (Å²) in [6.07, 6.45) is 2.83. The second-order valence-electron chi connectivity index (χ2n) is 1.16. The number of hydrogen-bond acceptors (Lipinski definition) is 3. The smallest absolute Gasteiger partial charge is 0.330 e. The first-order valence-corrected chi connectivity index (χ1v) is 2.26. The van der Waals surface area contributed by atoms with Crippen molar-refractivity contribution in [1.82, 2.24) is 0 Å². The van der Waals surface area contributed by atoms with Crippen LogP contribution >= 0.6 is 0 Å². The summed E-state index contributed by atoms with van der Waals surface area (Å²) in [6, 6.07) is 0. The van der Waals surface area contributed by atoms with E-state index in [-0.39, 0.29) is 5.97 Å². The molecule has 0 aliphatic rings. The second kappa shape index (κ2) is 4.33. The van der Waals surface area contributed by atoms with E-state index >= 15 is 0 Å². The largest absolute Gasteiger partial charge is 0.466 e. The number of rotatable bonds is 2. The van der Waals surface area contributed by atoms with Crippen molar-refractivity contribution in [3.8, 4) is 0 Å². The fourth-order valence-corrected chi connectivity index (χ4v) is 0.232. The van der Waals surface area contributed by atoms with E-state index in [1.165, 1.54) is 19.3 Å². The van der Waals surface area contributed by atoms with Gasteiger partial charge in [-0.2, -0.15) is 0 Å². The third-order valence-corrected chi connectivity index (χ3v) is 0.591. The molecule has 46 valence electrons. The summed E-state index contributed by atoms with van der Waals surface area (Å²) in [5.74, 6) is -0.365. The number of esters is 1. The van der Waals surface area contributed by atoms with Crippen LogP contribution in [0.15, 0.2) is 12.2 Å². The summed E-state index contributed by atoms with van der Waals surface area (Å²) in [4.78, 5) is 10.2. The minimum atomic E-state index is -0.365. The minimum Gasteiger partial charge on any atom is -0.466 e. The van der Waals surface area contributed by atoms with Crippen LogP contribution < -0.4 is 5.73 Å². The van der Waals surface area contributed by atoms with Gasteiger partial charge in [0.1, 0.15) is 0 Å². The molecule has 0 atom stereocenters. The molecule has 8 heavy (non-hydrogen) atoms. The molecule has 0 aromatic heterocycles. The molecule has 0 aliphatic carbocycles. The number of nitrogens with two attached hydrogens (primary N) is 1. The molecule has 0 saturated carbocycles. The van der Waals surface area contributed by atoms with Crippen LogP contribution in [0.1, 0.15) is 0 Å². The molecule has 2 N–H and O–H groups in total. The van der Waals surface area contributed by atoms with E-state index < -0.39 is 0 Å². The van der Waals surface area contributed by atoms with Gasteiger partial charge in [0.05, 0.1) is 7.11 Å². The van der Waals surface area contributed by atoms with Gasteiger partial charge in [0.2, 0.25) is 0 Å². The van der Waals surface area contributed by atoms with E-state index in [0.717, 1.165) is 0 Å². The Morgan fingerprint density at radius 2 is 2.50 bits per heavy atom. The van der Waals surface area contributed by atoms with Gasteiger partial charge in [-0.25, -0.2) is 4.79 Å². The van der Waals surface area contributed by atoms with E-state index in [2.05, 4.69) is 4.74 Å². The quantitative estimate of drug-likeness (QED) is 0.396. The van der Waals surface area contributed by atoms with Crippen molar-refractivity contribution in [1.29, 1.82) is 0 Å². The predicted molar refractivity (Wildman–Crippen MR) is 30.2 cm³/mol. The van der Waals surface area contributed by atoms with Gasteiger partial charge in [-0.1, -0.05) is 6.08 Å². The fourth-order valence-electron chi connectivity index (χ4n) is 0.232. The second-order valence-corrected chi connectivity index (χ2v) is 1.16. The normalized spacial score (nSPS) is 9.75. The van der Waals surface area contributed by atoms with Gasteiger partial charge in [-0.05, 0) is 0 Å². The van der Waals surface area contributed by atoms with Gasteiger partial charge in [0.15, 0.2) is 0 Å². The molecule has 0 radical (unpaired) electrons. The van der Waals surface area contributed by atoms with Crippen LogP contribution in [0.2, 0.25) is 0 Å². The van der Waals surface area contributed by atoms with Gasteiger partial charge in [0.25, 0.3) is 0 Å². The Morgan fingerprint density at radius 3 is 2.88 bits per heavy atom. The molecule has 0 rings (SSSR count). The Kier molecular flexibility index (Phi) is 3.88. The predicted octanol–water partition coefficient (Wildman–Crippen LogP) is -0.326. The Morgan fingerprint density at radius 1 is 1.88 bits per heavy atom. The monoisotopic (exact) mass is 115 g/mol. The van der Waals surface area contributed by atoms with Gasteiger partial charge >= 0.3 is 5.97 Å². The molecule has 0 spiro atoms. The standard InChI is InChI=1S/C5H9NO2/c1-8-5(7)3-2-4-6/h2-3H,4,6H2,1H3/b3-2+. The van der Waals surface area contributed by atoms with Crippen molar-refractivity contribution in [3.05, 3.63) is 12.2 Å². The molecular weight excluding hydrogens is 106 g/mol. The molecule has 0 bridgehead atoms. The van der Waals surface area contributed by atoms with Crippen LogP contribution in [0.3, 0.4) is 0 Å². The van der Waals surface area contributed by atoms with Crippen molar-refractivity contribution in [3.63, 3.8) is 0 Å². The van der Waals surface area contributed by atoms with Gasteiger partial charge in [0, 0.05) is 12.6 Å². The highest BCUT2D eigenvalue weighted by Gasteiger charge is 1.85. The van der Waals surface area contributed by atoms with Crippen LogP contribution in [-0.4, -0.2) is 19.6 Å².